The van der Waals surface area contributed by atoms with E-state index < -0.39 is 11.9 Å². The Bertz CT molecular complexity index is 1370. The number of carboxylic acids is 2. The second kappa shape index (κ2) is 15.4. The van der Waals surface area contributed by atoms with Crippen LogP contribution in [0.25, 0.3) is 6.08 Å². The highest BCUT2D eigenvalue weighted by Crippen LogP contribution is 2.24. The second-order valence-electron chi connectivity index (χ2n) is 10.4. The van der Waals surface area contributed by atoms with Gasteiger partial charge in [0.25, 0.3) is 0 Å². The minimum absolute atomic E-state index is 0.158. The second-order valence-corrected chi connectivity index (χ2v) is 10.4. The van der Waals surface area contributed by atoms with Crippen molar-refractivity contribution in [1.29, 1.82) is 0 Å². The molecule has 3 aromatic carbocycles. The largest absolute Gasteiger partial charge is 0.493 e. The van der Waals surface area contributed by atoms with Crippen molar-refractivity contribution in [2.45, 2.75) is 38.5 Å². The zero-order valence-electron chi connectivity index (χ0n) is 23.6. The molecule has 1 amide bonds. The van der Waals surface area contributed by atoms with E-state index in [1.165, 1.54) is 0 Å². The first-order chi connectivity index (χ1) is 20.4. The Hall–Kier alpha value is -4.59. The lowest BCUT2D eigenvalue weighted by atomic mass is 9.91. The van der Waals surface area contributed by atoms with E-state index in [0.717, 1.165) is 61.0 Å². The first-order valence-electron chi connectivity index (χ1n) is 14.4. The summed E-state index contributed by atoms with van der Waals surface area (Å²) in [6.45, 7) is 2.44. The molecule has 8 heteroatoms. The van der Waals surface area contributed by atoms with E-state index in [0.29, 0.717) is 26.3 Å². The molecule has 1 fully saturated rings. The average Bonchev–Trinajstić information content (AvgIpc) is 3.41. The van der Waals surface area contributed by atoms with Gasteiger partial charge in [-0.2, -0.15) is 0 Å². The van der Waals surface area contributed by atoms with Crippen LogP contribution in [0.5, 0.6) is 5.75 Å². The fourth-order valence-electron chi connectivity index (χ4n) is 4.90. The Labute approximate surface area is 246 Å². The summed E-state index contributed by atoms with van der Waals surface area (Å²) >= 11 is 0. The number of benzene rings is 3. The zero-order valence-corrected chi connectivity index (χ0v) is 23.6. The van der Waals surface area contributed by atoms with Gasteiger partial charge in [-0.25, -0.2) is 14.4 Å². The molecule has 1 saturated heterocycles. The maximum Gasteiger partial charge on any atom is 0.409 e. The third kappa shape index (κ3) is 9.23. The number of amides is 1. The van der Waals surface area contributed by atoms with Crippen LogP contribution in [0.3, 0.4) is 0 Å². The molecule has 0 saturated carbocycles. The highest BCUT2D eigenvalue weighted by atomic mass is 16.6. The molecule has 3 aromatic rings. The number of unbranched alkanes of at least 4 members (excludes halogenated alkanes) is 2. The van der Waals surface area contributed by atoms with Crippen molar-refractivity contribution in [2.24, 2.45) is 5.92 Å². The molecule has 0 bridgehead atoms. The molecule has 1 aliphatic rings. The number of carboxylic acid groups (broad SMARTS) is 2. The van der Waals surface area contributed by atoms with Gasteiger partial charge in [-0.3, -0.25) is 0 Å². The van der Waals surface area contributed by atoms with E-state index in [9.17, 15) is 24.6 Å². The fourth-order valence-corrected chi connectivity index (χ4v) is 4.90. The lowest BCUT2D eigenvalue weighted by Gasteiger charge is -2.15. The van der Waals surface area contributed by atoms with Crippen molar-refractivity contribution in [2.75, 3.05) is 26.3 Å². The van der Waals surface area contributed by atoms with Gasteiger partial charge < -0.3 is 24.6 Å². The molecule has 1 unspecified atom stereocenters. The third-order valence-electron chi connectivity index (χ3n) is 7.35. The fraction of sp³-hybridized carbons (Fsp3) is 0.324. The number of aromatic carboxylic acids is 2. The minimum atomic E-state index is -0.948. The standard InChI is InChI=1S/C34H37NO7/c36-32(37)29-16-10-25(11-17-29)8-9-26(24-27-13-18-30(19-14-27)33(38)39)12-15-28-6-2-3-7-31(28)41-22-5-1-4-20-35-21-23-42-34(35)40/h2-3,6-7,10-19,26H,1,4-5,8-9,20-24H2,(H,36,37)(H,38,39). The first kappa shape index (κ1) is 30.4. The lowest BCUT2D eigenvalue weighted by Crippen LogP contribution is -2.25. The summed E-state index contributed by atoms with van der Waals surface area (Å²) < 4.78 is 11.1. The van der Waals surface area contributed by atoms with Gasteiger partial charge in [0.15, 0.2) is 0 Å². The quantitative estimate of drug-likeness (QED) is 0.187. The SMILES string of the molecule is O=C(O)c1ccc(CCC(C=Cc2ccccc2OCCCCCN2CCOC2=O)Cc2ccc(C(=O)O)cc2)cc1. The van der Waals surface area contributed by atoms with Gasteiger partial charge in [0, 0.05) is 12.1 Å². The molecule has 0 aliphatic carbocycles. The number of allylic oxidation sites excluding steroid dienone is 1. The molecule has 1 heterocycles. The van der Waals surface area contributed by atoms with Crippen LogP contribution in [0.2, 0.25) is 0 Å². The summed E-state index contributed by atoms with van der Waals surface area (Å²) in [7, 11) is 0. The molecule has 1 atom stereocenters. The van der Waals surface area contributed by atoms with Crippen molar-refractivity contribution in [1.82, 2.24) is 4.90 Å². The van der Waals surface area contributed by atoms with E-state index in [-0.39, 0.29) is 23.1 Å². The topological polar surface area (TPSA) is 113 Å². The van der Waals surface area contributed by atoms with E-state index >= 15 is 0 Å². The van der Waals surface area contributed by atoms with Crippen LogP contribution < -0.4 is 4.74 Å². The summed E-state index contributed by atoms with van der Waals surface area (Å²) in [5.41, 5.74) is 3.61. The molecule has 0 spiro atoms. The number of nitrogens with zero attached hydrogens (tertiary/aromatic N) is 1. The average molecular weight is 572 g/mol. The van der Waals surface area contributed by atoms with Crippen molar-refractivity contribution in [3.8, 4) is 5.75 Å². The number of aryl methyl sites for hydroxylation is 1. The Balaban J connectivity index is 1.37. The Morgan fingerprint density at radius 1 is 0.881 bits per heavy atom. The highest BCUT2D eigenvalue weighted by molar-refractivity contribution is 5.88. The molecule has 0 radical (unpaired) electrons. The number of hydrogen-bond acceptors (Lipinski definition) is 5. The van der Waals surface area contributed by atoms with Gasteiger partial charge in [0.2, 0.25) is 0 Å². The maximum absolute atomic E-state index is 11.5. The van der Waals surface area contributed by atoms with Crippen molar-refractivity contribution in [3.05, 3.63) is 107 Å². The molecular formula is C34H37NO7. The van der Waals surface area contributed by atoms with Crippen LogP contribution in [0.4, 0.5) is 4.79 Å². The van der Waals surface area contributed by atoms with Crippen LogP contribution >= 0.6 is 0 Å². The van der Waals surface area contributed by atoms with Gasteiger partial charge in [0.05, 0.1) is 24.3 Å². The number of para-hydroxylation sites is 1. The molecule has 1 aliphatic heterocycles. The normalized spacial score (nSPS) is 13.7. The highest BCUT2D eigenvalue weighted by Gasteiger charge is 2.20. The summed E-state index contributed by atoms with van der Waals surface area (Å²) in [6, 6.07) is 21.8. The van der Waals surface area contributed by atoms with Crippen LogP contribution in [0.1, 0.15) is 63.1 Å². The third-order valence-corrected chi connectivity index (χ3v) is 7.35. The Kier molecular flexibility index (Phi) is 11.2. The number of ether oxygens (including phenoxy) is 2. The summed E-state index contributed by atoms with van der Waals surface area (Å²) in [6.07, 6.45) is 9.12. The van der Waals surface area contributed by atoms with E-state index in [4.69, 9.17) is 9.47 Å². The van der Waals surface area contributed by atoms with Gasteiger partial charge in [-0.15, -0.1) is 0 Å². The summed E-state index contributed by atoms with van der Waals surface area (Å²) in [5, 5.41) is 18.4. The first-order valence-corrected chi connectivity index (χ1v) is 14.4. The van der Waals surface area contributed by atoms with Crippen LogP contribution in [0, 0.1) is 5.92 Å². The van der Waals surface area contributed by atoms with Gasteiger partial charge in [-0.1, -0.05) is 54.6 Å². The number of rotatable bonds is 16. The number of hydrogen-bond donors (Lipinski definition) is 2. The monoisotopic (exact) mass is 571 g/mol. The Morgan fingerprint density at radius 3 is 2.19 bits per heavy atom. The number of carbonyl (C=O) groups excluding carboxylic acids is 1. The Morgan fingerprint density at radius 2 is 1.55 bits per heavy atom. The number of cyclic esters (lactones) is 1. The summed E-state index contributed by atoms with van der Waals surface area (Å²) in [4.78, 5) is 35.7. The number of carbonyl (C=O) groups is 3. The molecule has 42 heavy (non-hydrogen) atoms. The molecule has 0 aromatic heterocycles. The van der Waals surface area contributed by atoms with Crippen molar-refractivity contribution < 1.29 is 34.1 Å². The van der Waals surface area contributed by atoms with Gasteiger partial charge in [0.1, 0.15) is 12.4 Å². The zero-order chi connectivity index (χ0) is 29.7. The van der Waals surface area contributed by atoms with E-state index in [1.54, 1.807) is 29.2 Å². The maximum atomic E-state index is 11.5. The van der Waals surface area contributed by atoms with Crippen LogP contribution in [0.15, 0.2) is 78.9 Å². The molecule has 2 N–H and O–H groups in total. The predicted octanol–water partition coefficient (Wildman–Crippen LogP) is 6.59. The lowest BCUT2D eigenvalue weighted by molar-refractivity contribution is 0.0686. The molecule has 4 rings (SSSR count). The van der Waals surface area contributed by atoms with Crippen molar-refractivity contribution >= 4 is 24.1 Å². The minimum Gasteiger partial charge on any atom is -0.493 e. The molecular weight excluding hydrogens is 534 g/mol. The molecule has 8 nitrogen and oxygen atoms in total. The van der Waals surface area contributed by atoms with E-state index in [2.05, 4.69) is 12.2 Å². The summed E-state index contributed by atoms with van der Waals surface area (Å²) in [5.74, 6) is -0.923. The van der Waals surface area contributed by atoms with Crippen LogP contribution in [-0.2, 0) is 17.6 Å². The van der Waals surface area contributed by atoms with Gasteiger partial charge >= 0.3 is 18.0 Å². The van der Waals surface area contributed by atoms with Gasteiger partial charge in [-0.05, 0) is 85.9 Å². The van der Waals surface area contributed by atoms with Crippen LogP contribution in [-0.4, -0.2) is 59.4 Å². The molecule has 220 valence electrons. The predicted molar refractivity (Wildman–Crippen MR) is 160 cm³/mol. The van der Waals surface area contributed by atoms with Crippen molar-refractivity contribution in [3.63, 3.8) is 0 Å². The smallest absolute Gasteiger partial charge is 0.409 e. The van der Waals surface area contributed by atoms with E-state index in [1.807, 2.05) is 48.5 Å².